The molecule has 0 unspecified atom stereocenters. The van der Waals surface area contributed by atoms with Crippen molar-refractivity contribution in [1.82, 2.24) is 5.32 Å². The molecule has 0 aliphatic rings. The van der Waals surface area contributed by atoms with Crippen LogP contribution in [-0.2, 0) is 20.8 Å². The molecular weight excluding hydrogens is 587 g/mol. The Balaban J connectivity index is 0. The largest absolute Gasteiger partial charge is 0.355 e. The van der Waals surface area contributed by atoms with Crippen molar-refractivity contribution in [1.29, 1.82) is 0 Å². The molecule has 0 aliphatic heterocycles. The van der Waals surface area contributed by atoms with Crippen LogP contribution in [-0.4, -0.2) is 47.0 Å². The van der Waals surface area contributed by atoms with E-state index < -0.39 is 0 Å². The predicted molar refractivity (Wildman–Crippen MR) is 191 cm³/mol. The number of ketones is 2. The van der Waals surface area contributed by atoms with Gasteiger partial charge < -0.3 is 5.32 Å². The van der Waals surface area contributed by atoms with Crippen molar-refractivity contribution in [2.75, 3.05) is 29.6 Å². The summed E-state index contributed by atoms with van der Waals surface area (Å²) in [7, 11) is 7.52. The van der Waals surface area contributed by atoms with Gasteiger partial charge in [-0.05, 0) is 24.8 Å². The van der Waals surface area contributed by atoms with Crippen LogP contribution in [0, 0.1) is 16.2 Å². The molecule has 0 bridgehead atoms. The number of rotatable bonds is 15. The van der Waals surface area contributed by atoms with E-state index in [0.717, 1.165) is 36.5 Å². The van der Waals surface area contributed by atoms with Crippen LogP contribution in [0.4, 0.5) is 0 Å². The first-order valence-electron chi connectivity index (χ1n) is 14.8. The van der Waals surface area contributed by atoms with Gasteiger partial charge >= 0.3 is 0 Å². The van der Waals surface area contributed by atoms with Crippen molar-refractivity contribution < 1.29 is 14.4 Å². The minimum atomic E-state index is -0.263. The molecule has 4 nitrogen and oxygen atoms in total. The maximum Gasteiger partial charge on any atom is 0.225 e. The summed E-state index contributed by atoms with van der Waals surface area (Å²) in [6, 6.07) is 9.87. The Labute approximate surface area is 269 Å². The summed E-state index contributed by atoms with van der Waals surface area (Å²) >= 11 is 0. The lowest BCUT2D eigenvalue weighted by Gasteiger charge is -2.17. The lowest BCUT2D eigenvalue weighted by Crippen LogP contribution is -2.35. The quantitative estimate of drug-likeness (QED) is 0.150. The molecule has 0 saturated carbocycles. The lowest BCUT2D eigenvalue weighted by molar-refractivity contribution is -0.128. The van der Waals surface area contributed by atoms with Crippen molar-refractivity contribution >= 4 is 60.6 Å². The standard InChI is InChI=1S/C12H16O.C11H22OS2.C10H21NOS2/c1-12(2,3)11(13)9-10-7-5-4-6-8-10;1-5-8-13-14-9-6-7-10(12)11(2,3)4;1-5-7-13-14-8-6-11-9(12)10(2,3)4/h4-8H,9H2,1-3H3;5-9H2,1-4H3;5-8H2,1-4H3,(H,11,12). The summed E-state index contributed by atoms with van der Waals surface area (Å²) in [5.41, 5.74) is 0.459. The van der Waals surface area contributed by atoms with Gasteiger partial charge in [-0.25, -0.2) is 0 Å². The van der Waals surface area contributed by atoms with E-state index in [1.807, 2.05) is 136 Å². The monoisotopic (exact) mass is 645 g/mol. The fraction of sp³-hybridized carbons (Fsp3) is 0.727. The third-order valence-corrected chi connectivity index (χ3v) is 10.7. The Morgan fingerprint density at radius 2 is 1.10 bits per heavy atom. The zero-order valence-corrected chi connectivity index (χ0v) is 31.1. The average Bonchev–Trinajstić information content (AvgIpc) is 2.87. The number of carbonyl (C=O) groups excluding carboxylic acids is 3. The highest BCUT2D eigenvalue weighted by Gasteiger charge is 2.21. The van der Waals surface area contributed by atoms with E-state index in [1.54, 1.807) is 0 Å². The summed E-state index contributed by atoms with van der Waals surface area (Å²) in [6.07, 6.45) is 4.76. The van der Waals surface area contributed by atoms with Crippen molar-refractivity contribution in [3.05, 3.63) is 35.9 Å². The minimum absolute atomic E-state index is 0.138. The summed E-state index contributed by atoms with van der Waals surface area (Å²) in [6.45, 7) is 22.8. The summed E-state index contributed by atoms with van der Waals surface area (Å²) in [4.78, 5) is 34.6. The molecule has 0 aliphatic carbocycles. The molecule has 8 heteroatoms. The highest BCUT2D eigenvalue weighted by molar-refractivity contribution is 8.77. The van der Waals surface area contributed by atoms with Gasteiger partial charge in [-0.2, -0.15) is 0 Å². The van der Waals surface area contributed by atoms with Crippen LogP contribution in [0.1, 0.15) is 107 Å². The highest BCUT2D eigenvalue weighted by Crippen LogP contribution is 2.25. The van der Waals surface area contributed by atoms with Crippen LogP contribution < -0.4 is 5.32 Å². The molecule has 1 amide bonds. The number of hydrogen-bond donors (Lipinski definition) is 1. The van der Waals surface area contributed by atoms with Gasteiger partial charge in [0.25, 0.3) is 0 Å². The maximum atomic E-state index is 11.6. The van der Waals surface area contributed by atoms with Crippen LogP contribution in [0.5, 0.6) is 0 Å². The summed E-state index contributed by atoms with van der Waals surface area (Å²) in [5, 5.41) is 2.93. The number of Topliss-reactive ketones (excluding diaryl/α,β-unsaturated/α-hetero) is 2. The van der Waals surface area contributed by atoms with E-state index in [1.165, 1.54) is 24.3 Å². The minimum Gasteiger partial charge on any atom is -0.355 e. The molecule has 0 heterocycles. The number of nitrogens with one attached hydrogen (secondary N) is 1. The number of amides is 1. The van der Waals surface area contributed by atoms with E-state index in [4.69, 9.17) is 0 Å². The van der Waals surface area contributed by atoms with Gasteiger partial charge in [0, 0.05) is 58.6 Å². The van der Waals surface area contributed by atoms with E-state index in [0.29, 0.717) is 18.0 Å². The molecule has 0 atom stereocenters. The normalized spacial score (nSPS) is 11.5. The van der Waals surface area contributed by atoms with Gasteiger partial charge in [0.05, 0.1) is 0 Å². The maximum absolute atomic E-state index is 11.6. The second-order valence-corrected chi connectivity index (χ2v) is 18.3. The van der Waals surface area contributed by atoms with Crippen molar-refractivity contribution in [3.8, 4) is 0 Å². The highest BCUT2D eigenvalue weighted by atomic mass is 33.1. The van der Waals surface area contributed by atoms with Crippen molar-refractivity contribution in [2.24, 2.45) is 16.2 Å². The molecule has 1 aromatic rings. The fourth-order valence-electron chi connectivity index (χ4n) is 2.59. The van der Waals surface area contributed by atoms with Crippen LogP contribution in [0.3, 0.4) is 0 Å². The molecule has 1 N–H and O–H groups in total. The first kappa shape index (κ1) is 42.6. The molecule has 1 aromatic carbocycles. The number of carbonyl (C=O) groups is 3. The Morgan fingerprint density at radius 3 is 1.54 bits per heavy atom. The third-order valence-electron chi connectivity index (χ3n) is 5.41. The van der Waals surface area contributed by atoms with Crippen LogP contribution in [0.2, 0.25) is 0 Å². The smallest absolute Gasteiger partial charge is 0.225 e. The molecule has 0 fully saturated rings. The first-order valence-corrected chi connectivity index (χ1v) is 19.8. The molecule has 0 radical (unpaired) electrons. The van der Waals surface area contributed by atoms with Crippen molar-refractivity contribution in [3.63, 3.8) is 0 Å². The van der Waals surface area contributed by atoms with Gasteiger partial charge in [0.15, 0.2) is 0 Å². The van der Waals surface area contributed by atoms with Crippen LogP contribution in [0.25, 0.3) is 0 Å². The van der Waals surface area contributed by atoms with Crippen LogP contribution >= 0.6 is 43.2 Å². The van der Waals surface area contributed by atoms with E-state index in [9.17, 15) is 14.4 Å². The molecular formula is C33H59NO3S4. The van der Waals surface area contributed by atoms with Gasteiger partial charge in [0.1, 0.15) is 11.6 Å². The molecule has 0 saturated heterocycles. The molecule has 41 heavy (non-hydrogen) atoms. The Kier molecular flexibility index (Phi) is 24.7. The zero-order valence-electron chi connectivity index (χ0n) is 27.8. The number of hydrogen-bond acceptors (Lipinski definition) is 7. The zero-order chi connectivity index (χ0) is 32.0. The second kappa shape index (κ2) is 23.8. The second-order valence-electron chi connectivity index (χ2n) is 12.9. The molecule has 238 valence electrons. The topological polar surface area (TPSA) is 63.2 Å². The Hall–Kier alpha value is -0.570. The molecule has 0 spiro atoms. The number of benzene rings is 1. The Morgan fingerprint density at radius 1 is 0.634 bits per heavy atom. The lowest BCUT2D eigenvalue weighted by atomic mass is 9.87. The van der Waals surface area contributed by atoms with Crippen LogP contribution in [0.15, 0.2) is 30.3 Å². The van der Waals surface area contributed by atoms with E-state index >= 15 is 0 Å². The van der Waals surface area contributed by atoms with Gasteiger partial charge in [0.2, 0.25) is 5.91 Å². The average molecular weight is 646 g/mol. The first-order chi connectivity index (χ1) is 19.0. The summed E-state index contributed by atoms with van der Waals surface area (Å²) in [5.74, 6) is 5.32. The third kappa shape index (κ3) is 26.8. The van der Waals surface area contributed by atoms with Gasteiger partial charge in [-0.15, -0.1) is 0 Å². The summed E-state index contributed by atoms with van der Waals surface area (Å²) < 4.78 is 0. The SMILES string of the molecule is CC(C)(C)C(=O)Cc1ccccc1.CCCSSCCCC(=O)C(C)(C)C.CCCSSCCNC(=O)C(C)(C)C. The van der Waals surface area contributed by atoms with E-state index in [2.05, 4.69) is 19.2 Å². The fourth-order valence-corrected chi connectivity index (χ4v) is 6.86. The van der Waals surface area contributed by atoms with Crippen molar-refractivity contribution in [2.45, 2.75) is 108 Å². The predicted octanol–water partition coefficient (Wildman–Crippen LogP) is 9.96. The molecule has 0 aromatic heterocycles. The Bertz CT molecular complexity index is 788. The molecule has 1 rings (SSSR count). The van der Waals surface area contributed by atoms with Gasteiger partial charge in [-0.1, -0.05) is 150 Å². The van der Waals surface area contributed by atoms with E-state index in [-0.39, 0.29) is 22.2 Å². The van der Waals surface area contributed by atoms with Gasteiger partial charge in [-0.3, -0.25) is 14.4 Å².